The van der Waals surface area contributed by atoms with Gasteiger partial charge in [0.2, 0.25) is 0 Å². The van der Waals surface area contributed by atoms with Crippen molar-refractivity contribution in [1.82, 2.24) is 9.97 Å². The average Bonchev–Trinajstić information content (AvgIpc) is 2.77. The number of hydrogen-bond acceptors (Lipinski definition) is 5. The van der Waals surface area contributed by atoms with E-state index < -0.39 is 11.5 Å². The van der Waals surface area contributed by atoms with E-state index in [1.165, 1.54) is 12.4 Å². The fourth-order valence-corrected chi connectivity index (χ4v) is 2.41. The molecule has 1 aromatic rings. The minimum absolute atomic E-state index is 0.0781. The molecule has 0 saturated heterocycles. The van der Waals surface area contributed by atoms with E-state index in [9.17, 15) is 4.79 Å². The summed E-state index contributed by atoms with van der Waals surface area (Å²) in [4.78, 5) is 18.9. The van der Waals surface area contributed by atoms with Crippen LogP contribution in [0.15, 0.2) is 12.4 Å². The Balaban J connectivity index is 2.13. The highest BCUT2D eigenvalue weighted by molar-refractivity contribution is 5.69. The minimum Gasteiger partial charge on any atom is -0.481 e. The maximum absolute atomic E-state index is 10.9. The number of rotatable bonds is 4. The van der Waals surface area contributed by atoms with Gasteiger partial charge in [0, 0.05) is 5.54 Å². The van der Waals surface area contributed by atoms with Crippen LogP contribution in [0.25, 0.3) is 0 Å². The Bertz CT molecular complexity index is 472. The van der Waals surface area contributed by atoms with E-state index in [1.807, 2.05) is 6.07 Å². The number of hydrogen-bond donors (Lipinski definition) is 2. The lowest BCUT2D eigenvalue weighted by Crippen LogP contribution is -2.37. The number of carboxylic acid groups (broad SMARTS) is 1. The van der Waals surface area contributed by atoms with Gasteiger partial charge in [-0.25, -0.2) is 9.97 Å². The Labute approximate surface area is 105 Å². The predicted octanol–water partition coefficient (Wildman–Crippen LogP) is 1.55. The van der Waals surface area contributed by atoms with Gasteiger partial charge in [-0.05, 0) is 12.8 Å². The van der Waals surface area contributed by atoms with Crippen LogP contribution < -0.4 is 5.32 Å². The molecule has 1 aromatic heterocycles. The molecule has 1 aliphatic carbocycles. The van der Waals surface area contributed by atoms with Gasteiger partial charge in [0.15, 0.2) is 5.69 Å². The topological polar surface area (TPSA) is 98.9 Å². The Morgan fingerprint density at radius 2 is 2.17 bits per heavy atom. The molecule has 0 aliphatic heterocycles. The molecule has 0 amide bonds. The summed E-state index contributed by atoms with van der Waals surface area (Å²) in [5, 5.41) is 20.8. The third kappa shape index (κ3) is 2.74. The van der Waals surface area contributed by atoms with Crippen molar-refractivity contribution in [2.24, 2.45) is 0 Å². The van der Waals surface area contributed by atoms with Gasteiger partial charge < -0.3 is 10.4 Å². The molecule has 6 nitrogen and oxygen atoms in total. The monoisotopic (exact) mass is 246 g/mol. The number of carboxylic acids is 1. The van der Waals surface area contributed by atoms with Gasteiger partial charge >= 0.3 is 5.97 Å². The van der Waals surface area contributed by atoms with E-state index in [0.29, 0.717) is 5.82 Å². The third-order valence-electron chi connectivity index (χ3n) is 3.21. The van der Waals surface area contributed by atoms with Gasteiger partial charge in [0.25, 0.3) is 0 Å². The van der Waals surface area contributed by atoms with E-state index in [0.717, 1.165) is 25.7 Å². The Morgan fingerprint density at radius 1 is 1.44 bits per heavy atom. The SMILES string of the molecule is N#Cc1cnc(NC2(CC(=O)O)CCCC2)cn1. The smallest absolute Gasteiger partial charge is 0.305 e. The molecule has 1 aliphatic rings. The molecule has 6 heteroatoms. The van der Waals surface area contributed by atoms with E-state index in [2.05, 4.69) is 15.3 Å². The van der Waals surface area contributed by atoms with Crippen molar-refractivity contribution in [3.05, 3.63) is 18.1 Å². The fraction of sp³-hybridized carbons (Fsp3) is 0.500. The Hall–Kier alpha value is -2.16. The van der Waals surface area contributed by atoms with Crippen molar-refractivity contribution in [3.63, 3.8) is 0 Å². The summed E-state index contributed by atoms with van der Waals surface area (Å²) in [7, 11) is 0. The molecule has 2 rings (SSSR count). The van der Waals surface area contributed by atoms with Crippen LogP contribution in [0.4, 0.5) is 5.82 Å². The minimum atomic E-state index is -0.814. The van der Waals surface area contributed by atoms with E-state index in [4.69, 9.17) is 10.4 Å². The van der Waals surface area contributed by atoms with Crippen molar-refractivity contribution in [2.75, 3.05) is 5.32 Å². The zero-order valence-electron chi connectivity index (χ0n) is 9.89. The van der Waals surface area contributed by atoms with Crippen molar-refractivity contribution in [3.8, 4) is 6.07 Å². The summed E-state index contributed by atoms with van der Waals surface area (Å²) < 4.78 is 0. The van der Waals surface area contributed by atoms with Gasteiger partial charge in [-0.1, -0.05) is 12.8 Å². The van der Waals surface area contributed by atoms with Crippen LogP contribution >= 0.6 is 0 Å². The second-order valence-electron chi connectivity index (χ2n) is 4.58. The van der Waals surface area contributed by atoms with Crippen LogP contribution in [0.3, 0.4) is 0 Å². The lowest BCUT2D eigenvalue weighted by atomic mass is 9.93. The number of nitriles is 1. The first-order valence-electron chi connectivity index (χ1n) is 5.86. The fourth-order valence-electron chi connectivity index (χ4n) is 2.41. The normalized spacial score (nSPS) is 17.1. The Kier molecular flexibility index (Phi) is 3.42. The maximum atomic E-state index is 10.9. The quantitative estimate of drug-likeness (QED) is 0.836. The van der Waals surface area contributed by atoms with E-state index >= 15 is 0 Å². The molecular formula is C12H14N4O2. The molecule has 18 heavy (non-hydrogen) atoms. The highest BCUT2D eigenvalue weighted by Crippen LogP contribution is 2.35. The first kappa shape index (κ1) is 12.3. The highest BCUT2D eigenvalue weighted by atomic mass is 16.4. The summed E-state index contributed by atoms with van der Waals surface area (Å²) in [5.41, 5.74) is -0.173. The van der Waals surface area contributed by atoms with Crippen LogP contribution in [-0.2, 0) is 4.79 Å². The average molecular weight is 246 g/mol. The van der Waals surface area contributed by atoms with Gasteiger partial charge in [0.1, 0.15) is 11.9 Å². The summed E-state index contributed by atoms with van der Waals surface area (Å²) in [6.45, 7) is 0. The van der Waals surface area contributed by atoms with Crippen molar-refractivity contribution >= 4 is 11.8 Å². The summed E-state index contributed by atoms with van der Waals surface area (Å²) in [6.07, 6.45) is 6.61. The van der Waals surface area contributed by atoms with Gasteiger partial charge in [0.05, 0.1) is 18.8 Å². The van der Waals surface area contributed by atoms with E-state index in [-0.39, 0.29) is 12.1 Å². The molecule has 0 unspecified atom stereocenters. The molecule has 1 saturated carbocycles. The Morgan fingerprint density at radius 3 is 2.67 bits per heavy atom. The number of nitrogens with one attached hydrogen (secondary N) is 1. The molecule has 2 N–H and O–H groups in total. The van der Waals surface area contributed by atoms with Crippen LogP contribution in [0.2, 0.25) is 0 Å². The van der Waals surface area contributed by atoms with Crippen molar-refractivity contribution in [2.45, 2.75) is 37.6 Å². The number of nitrogens with zero attached hydrogens (tertiary/aromatic N) is 3. The molecule has 0 aromatic carbocycles. The summed E-state index contributed by atoms with van der Waals surface area (Å²) in [6, 6.07) is 1.89. The first-order chi connectivity index (χ1) is 8.63. The van der Waals surface area contributed by atoms with Crippen LogP contribution in [-0.4, -0.2) is 26.6 Å². The number of carbonyl (C=O) groups is 1. The molecule has 0 spiro atoms. The molecule has 0 atom stereocenters. The van der Waals surface area contributed by atoms with Crippen LogP contribution in [0.5, 0.6) is 0 Å². The number of aromatic nitrogens is 2. The van der Waals surface area contributed by atoms with Gasteiger partial charge in [-0.15, -0.1) is 0 Å². The molecule has 1 fully saturated rings. The zero-order chi connectivity index (χ0) is 13.0. The molecular weight excluding hydrogens is 232 g/mol. The largest absolute Gasteiger partial charge is 0.481 e. The molecule has 0 bridgehead atoms. The molecule has 1 heterocycles. The second kappa shape index (κ2) is 5.00. The standard InChI is InChI=1S/C12H14N4O2/c13-6-9-7-15-10(8-14-9)16-12(5-11(17)18)3-1-2-4-12/h7-8H,1-5H2,(H,15,16)(H,17,18). The van der Waals surface area contributed by atoms with Gasteiger partial charge in [-0.3, -0.25) is 4.79 Å². The lowest BCUT2D eigenvalue weighted by molar-refractivity contribution is -0.138. The maximum Gasteiger partial charge on any atom is 0.305 e. The van der Waals surface area contributed by atoms with Crippen molar-refractivity contribution < 1.29 is 9.90 Å². The molecule has 0 radical (unpaired) electrons. The number of anilines is 1. The zero-order valence-corrected chi connectivity index (χ0v) is 9.89. The summed E-state index contributed by atoms with van der Waals surface area (Å²) >= 11 is 0. The van der Waals surface area contributed by atoms with Crippen LogP contribution in [0.1, 0.15) is 37.8 Å². The van der Waals surface area contributed by atoms with Crippen molar-refractivity contribution in [1.29, 1.82) is 5.26 Å². The summed E-state index contributed by atoms with van der Waals surface area (Å²) in [5.74, 6) is -0.289. The first-order valence-corrected chi connectivity index (χ1v) is 5.86. The van der Waals surface area contributed by atoms with Gasteiger partial charge in [-0.2, -0.15) is 5.26 Å². The predicted molar refractivity (Wildman–Crippen MR) is 63.8 cm³/mol. The second-order valence-corrected chi connectivity index (χ2v) is 4.58. The molecule has 94 valence electrons. The third-order valence-corrected chi connectivity index (χ3v) is 3.21. The highest BCUT2D eigenvalue weighted by Gasteiger charge is 2.36. The van der Waals surface area contributed by atoms with E-state index in [1.54, 1.807) is 0 Å². The number of aliphatic carboxylic acids is 1. The lowest BCUT2D eigenvalue weighted by Gasteiger charge is -2.29. The van der Waals surface area contributed by atoms with Crippen LogP contribution in [0, 0.1) is 11.3 Å².